The average molecular weight is 323 g/mol. The second-order valence-corrected chi connectivity index (χ2v) is 5.09. The molecular weight excluding hydrogens is 303 g/mol. The van der Waals surface area contributed by atoms with E-state index in [-0.39, 0.29) is 40.9 Å². The number of nitrogen functional groups attached to an aromatic ring is 2. The van der Waals surface area contributed by atoms with Crippen LogP contribution in [-0.4, -0.2) is 28.5 Å². The zero-order valence-electron chi connectivity index (χ0n) is 11.4. The lowest BCUT2D eigenvalue weighted by Crippen LogP contribution is -2.38. The topological polar surface area (TPSA) is 133 Å². The van der Waals surface area contributed by atoms with Crippen LogP contribution < -0.4 is 22.5 Å². The van der Waals surface area contributed by atoms with Gasteiger partial charge in [0.25, 0.3) is 5.91 Å². The Kier molecular flexibility index (Phi) is 7.55. The molecule has 20 heavy (non-hydrogen) atoms. The highest BCUT2D eigenvalue weighted by atomic mass is 35.5. The minimum atomic E-state index is -0.467. The molecule has 0 saturated heterocycles. The van der Waals surface area contributed by atoms with Gasteiger partial charge in [-0.1, -0.05) is 25.4 Å². The van der Waals surface area contributed by atoms with Crippen LogP contribution in [0.2, 0.25) is 5.15 Å². The van der Waals surface area contributed by atoms with E-state index in [0.29, 0.717) is 12.5 Å². The molecular formula is C11H20Cl2N6O. The Labute approximate surface area is 129 Å². The Morgan fingerprint density at radius 1 is 1.30 bits per heavy atom. The van der Waals surface area contributed by atoms with Gasteiger partial charge in [0.05, 0.1) is 0 Å². The Balaban J connectivity index is 0.00000361. The number of carbonyl (C=O) groups is 1. The summed E-state index contributed by atoms with van der Waals surface area (Å²) in [6.07, 6.45) is 0.809. The predicted octanol–water partition coefficient (Wildman–Crippen LogP) is 0.819. The molecule has 0 aliphatic heterocycles. The maximum Gasteiger partial charge on any atom is 0.273 e. The monoisotopic (exact) mass is 322 g/mol. The van der Waals surface area contributed by atoms with Crippen LogP contribution in [0.15, 0.2) is 0 Å². The number of carbonyl (C=O) groups excluding carboxylic acids is 1. The third kappa shape index (κ3) is 5.36. The van der Waals surface area contributed by atoms with Crippen LogP contribution in [-0.2, 0) is 0 Å². The molecule has 1 amide bonds. The standard InChI is InChI=1S/C11H19ClN6O.ClH/c1-5(2)3-6(13)4-16-11(19)7-9(14)18-10(15)8(12)17-7;/h5-6H,3-4,13H2,1-2H3,(H,16,19)(H4,14,15,18);1H/t6-;/m0./s1. The Morgan fingerprint density at radius 3 is 2.45 bits per heavy atom. The highest BCUT2D eigenvalue weighted by molar-refractivity contribution is 6.31. The maximum absolute atomic E-state index is 11.9. The number of nitrogens with one attached hydrogen (secondary N) is 1. The van der Waals surface area contributed by atoms with Crippen LogP contribution >= 0.6 is 24.0 Å². The molecule has 1 aromatic heterocycles. The van der Waals surface area contributed by atoms with E-state index in [0.717, 1.165) is 6.42 Å². The summed E-state index contributed by atoms with van der Waals surface area (Å²) in [5.74, 6) is -0.0714. The van der Waals surface area contributed by atoms with E-state index in [1.165, 1.54) is 0 Å². The van der Waals surface area contributed by atoms with Gasteiger partial charge in [0.15, 0.2) is 22.5 Å². The number of aromatic nitrogens is 2. The van der Waals surface area contributed by atoms with Gasteiger partial charge < -0.3 is 22.5 Å². The molecule has 0 bridgehead atoms. The molecule has 9 heteroatoms. The third-order valence-corrected chi connectivity index (χ3v) is 2.70. The summed E-state index contributed by atoms with van der Waals surface area (Å²) in [6, 6.07) is -0.123. The second kappa shape index (κ2) is 8.08. The van der Waals surface area contributed by atoms with E-state index in [1.54, 1.807) is 0 Å². The van der Waals surface area contributed by atoms with Crippen molar-refractivity contribution in [3.8, 4) is 0 Å². The molecule has 7 N–H and O–H groups in total. The Morgan fingerprint density at radius 2 is 1.90 bits per heavy atom. The van der Waals surface area contributed by atoms with Crippen molar-refractivity contribution in [3.63, 3.8) is 0 Å². The lowest BCUT2D eigenvalue weighted by molar-refractivity contribution is 0.0946. The Hall–Kier alpha value is -1.31. The highest BCUT2D eigenvalue weighted by Gasteiger charge is 2.16. The van der Waals surface area contributed by atoms with Crippen molar-refractivity contribution in [2.24, 2.45) is 11.7 Å². The molecule has 0 radical (unpaired) electrons. The largest absolute Gasteiger partial charge is 0.382 e. The van der Waals surface area contributed by atoms with Gasteiger partial charge in [-0.3, -0.25) is 4.79 Å². The average Bonchev–Trinajstić information content (AvgIpc) is 2.30. The molecule has 0 fully saturated rings. The van der Waals surface area contributed by atoms with Crippen molar-refractivity contribution in [1.29, 1.82) is 0 Å². The molecule has 0 aliphatic rings. The highest BCUT2D eigenvalue weighted by Crippen LogP contribution is 2.17. The maximum atomic E-state index is 11.9. The summed E-state index contributed by atoms with van der Waals surface area (Å²) in [4.78, 5) is 19.4. The fourth-order valence-corrected chi connectivity index (χ4v) is 1.73. The first-order valence-corrected chi connectivity index (χ1v) is 6.31. The van der Waals surface area contributed by atoms with Gasteiger partial charge >= 0.3 is 0 Å². The minimum absolute atomic E-state index is 0. The van der Waals surface area contributed by atoms with E-state index >= 15 is 0 Å². The Bertz CT molecular complexity index is 468. The normalized spacial score (nSPS) is 11.8. The van der Waals surface area contributed by atoms with Gasteiger partial charge in [0, 0.05) is 12.6 Å². The number of nitrogens with two attached hydrogens (primary N) is 3. The molecule has 7 nitrogen and oxygen atoms in total. The summed E-state index contributed by atoms with van der Waals surface area (Å²) >= 11 is 5.70. The molecule has 0 saturated carbocycles. The molecule has 0 aliphatic carbocycles. The van der Waals surface area contributed by atoms with Crippen LogP contribution in [0.4, 0.5) is 11.6 Å². The number of rotatable bonds is 5. The minimum Gasteiger partial charge on any atom is -0.382 e. The number of amides is 1. The summed E-state index contributed by atoms with van der Waals surface area (Å²) in [6.45, 7) is 4.45. The molecule has 0 unspecified atom stereocenters. The van der Waals surface area contributed by atoms with Crippen LogP contribution in [0.25, 0.3) is 0 Å². The first-order chi connectivity index (χ1) is 8.81. The van der Waals surface area contributed by atoms with E-state index in [9.17, 15) is 4.79 Å². The summed E-state index contributed by atoms with van der Waals surface area (Å²) in [5, 5.41) is 2.60. The first kappa shape index (κ1) is 18.7. The fourth-order valence-electron chi connectivity index (χ4n) is 1.60. The lowest BCUT2D eigenvalue weighted by Gasteiger charge is -2.15. The number of anilines is 2. The van der Waals surface area contributed by atoms with Gasteiger partial charge in [-0.25, -0.2) is 9.97 Å². The summed E-state index contributed by atoms with van der Waals surface area (Å²) in [7, 11) is 0. The van der Waals surface area contributed by atoms with Gasteiger partial charge in [0.1, 0.15) is 0 Å². The van der Waals surface area contributed by atoms with E-state index in [1.807, 2.05) is 0 Å². The second-order valence-electron chi connectivity index (χ2n) is 4.73. The molecule has 1 rings (SSSR count). The van der Waals surface area contributed by atoms with Crippen molar-refractivity contribution in [2.45, 2.75) is 26.3 Å². The van der Waals surface area contributed by atoms with Gasteiger partial charge in [0.2, 0.25) is 0 Å². The third-order valence-electron chi connectivity index (χ3n) is 2.42. The van der Waals surface area contributed by atoms with Crippen LogP contribution in [0.5, 0.6) is 0 Å². The molecule has 114 valence electrons. The van der Waals surface area contributed by atoms with E-state index in [4.69, 9.17) is 28.8 Å². The molecule has 1 atom stereocenters. The van der Waals surface area contributed by atoms with Crippen LogP contribution in [0.1, 0.15) is 30.8 Å². The molecule has 1 heterocycles. The van der Waals surface area contributed by atoms with E-state index in [2.05, 4.69) is 29.1 Å². The number of halogens is 2. The van der Waals surface area contributed by atoms with Crippen LogP contribution in [0.3, 0.4) is 0 Å². The van der Waals surface area contributed by atoms with Crippen molar-refractivity contribution >= 4 is 41.6 Å². The quantitative estimate of drug-likeness (QED) is 0.634. The molecule has 0 aromatic carbocycles. The number of hydrogen-bond acceptors (Lipinski definition) is 6. The SMILES string of the molecule is CC(C)C[C@H](N)CNC(=O)c1nc(Cl)c(N)nc1N.Cl. The van der Waals surface area contributed by atoms with Crippen LogP contribution in [0, 0.1) is 5.92 Å². The number of nitrogens with zero attached hydrogens (tertiary/aromatic N) is 2. The summed E-state index contributed by atoms with van der Waals surface area (Å²) in [5.41, 5.74) is 16.8. The van der Waals surface area contributed by atoms with Crippen molar-refractivity contribution in [3.05, 3.63) is 10.8 Å². The first-order valence-electron chi connectivity index (χ1n) is 5.93. The fraction of sp³-hybridized carbons (Fsp3) is 0.545. The number of hydrogen-bond donors (Lipinski definition) is 4. The van der Waals surface area contributed by atoms with E-state index < -0.39 is 5.91 Å². The zero-order chi connectivity index (χ0) is 14.6. The lowest BCUT2D eigenvalue weighted by atomic mass is 10.0. The van der Waals surface area contributed by atoms with Crippen molar-refractivity contribution in [2.75, 3.05) is 18.0 Å². The van der Waals surface area contributed by atoms with Gasteiger partial charge in [-0.15, -0.1) is 12.4 Å². The smallest absolute Gasteiger partial charge is 0.273 e. The van der Waals surface area contributed by atoms with Crippen molar-refractivity contribution < 1.29 is 4.79 Å². The molecule has 0 spiro atoms. The van der Waals surface area contributed by atoms with Gasteiger partial charge in [-0.05, 0) is 12.3 Å². The van der Waals surface area contributed by atoms with Gasteiger partial charge in [-0.2, -0.15) is 0 Å². The zero-order valence-corrected chi connectivity index (χ0v) is 13.0. The van der Waals surface area contributed by atoms with Crippen molar-refractivity contribution in [1.82, 2.24) is 15.3 Å². The predicted molar refractivity (Wildman–Crippen MR) is 82.9 cm³/mol. The summed E-state index contributed by atoms with van der Waals surface area (Å²) < 4.78 is 0. The molecule has 1 aromatic rings.